The number of rotatable bonds is 39. The van der Waals surface area contributed by atoms with Crippen molar-refractivity contribution in [2.24, 2.45) is 0 Å². The molecule has 3 nitrogen and oxygen atoms in total. The Morgan fingerprint density at radius 2 is 0.395 bits per heavy atom. The highest BCUT2D eigenvalue weighted by Gasteiger charge is 2.29. The zero-order valence-electron chi connectivity index (χ0n) is 50.3. The molecule has 0 aliphatic heterocycles. The Bertz CT molecular complexity index is 3180. The first kappa shape index (κ1) is 58.5. The van der Waals surface area contributed by atoms with Gasteiger partial charge in [-0.2, -0.15) is 0 Å². The third-order valence-corrected chi connectivity index (χ3v) is 19.2. The molecule has 0 aliphatic rings. The number of ketones is 3. The Hall–Kier alpha value is -5.67. The maximum absolute atomic E-state index is 14.4. The van der Waals surface area contributed by atoms with Gasteiger partial charge < -0.3 is 0 Å². The predicted octanol–water partition coefficient (Wildman–Crippen LogP) is 25.0. The van der Waals surface area contributed by atoms with Gasteiger partial charge in [0, 0.05) is 36.0 Å². The van der Waals surface area contributed by atoms with E-state index < -0.39 is 0 Å². The lowest BCUT2D eigenvalue weighted by Crippen LogP contribution is -2.00. The molecule has 10 aromatic carbocycles. The molecule has 0 aliphatic carbocycles. The number of hydrogen-bond donors (Lipinski definition) is 0. The van der Waals surface area contributed by atoms with Crippen molar-refractivity contribution in [3.63, 3.8) is 0 Å². The summed E-state index contributed by atoms with van der Waals surface area (Å²) in [6, 6.07) is 33.2. The first-order chi connectivity index (χ1) is 40.0. The summed E-state index contributed by atoms with van der Waals surface area (Å²) >= 11 is 0. The van der Waals surface area contributed by atoms with E-state index in [-0.39, 0.29) is 17.3 Å². The molecule has 81 heavy (non-hydrogen) atoms. The van der Waals surface area contributed by atoms with Crippen LogP contribution in [-0.4, -0.2) is 17.3 Å². The molecule has 10 aromatic rings. The van der Waals surface area contributed by atoms with Crippen LogP contribution >= 0.6 is 0 Å². The van der Waals surface area contributed by atoms with Gasteiger partial charge in [0.2, 0.25) is 0 Å². The summed E-state index contributed by atoms with van der Waals surface area (Å²) in [5.74, 6) is 0.725. The Morgan fingerprint density at radius 1 is 0.210 bits per heavy atom. The number of carbonyl (C=O) groups excluding carboxylic acids is 3. The molecule has 0 N–H and O–H groups in total. The number of hydrogen-bond acceptors (Lipinski definition) is 3. The zero-order valence-corrected chi connectivity index (χ0v) is 50.3. The van der Waals surface area contributed by atoms with E-state index in [0.717, 1.165) is 71.4 Å². The minimum Gasteiger partial charge on any atom is -0.294 e. The van der Waals surface area contributed by atoms with Crippen molar-refractivity contribution in [2.75, 3.05) is 0 Å². The van der Waals surface area contributed by atoms with E-state index in [4.69, 9.17) is 0 Å². The summed E-state index contributed by atoms with van der Waals surface area (Å²) in [6.07, 6.45) is 43.4. The van der Waals surface area contributed by atoms with Gasteiger partial charge in [-0.3, -0.25) is 14.4 Å². The normalized spacial score (nSPS) is 12.3. The smallest absolute Gasteiger partial charge is 0.163 e. The predicted molar refractivity (Wildman–Crippen MR) is 354 cm³/mol. The molecular formula is C78H96O3. The Kier molecular flexibility index (Phi) is 21.0. The van der Waals surface area contributed by atoms with Gasteiger partial charge in [0.15, 0.2) is 17.3 Å². The summed E-state index contributed by atoms with van der Waals surface area (Å²) in [6.45, 7) is 6.84. The zero-order chi connectivity index (χ0) is 55.9. The molecule has 0 bridgehead atoms. The van der Waals surface area contributed by atoms with Crippen LogP contribution < -0.4 is 0 Å². The van der Waals surface area contributed by atoms with Crippen LogP contribution in [0.5, 0.6) is 0 Å². The van der Waals surface area contributed by atoms with Crippen molar-refractivity contribution in [3.05, 3.63) is 108 Å². The summed E-state index contributed by atoms with van der Waals surface area (Å²) < 4.78 is 0. The fourth-order valence-electron chi connectivity index (χ4n) is 14.8. The Labute approximate surface area is 485 Å². The van der Waals surface area contributed by atoms with Crippen LogP contribution in [-0.2, 0) is 0 Å². The molecule has 0 aromatic heterocycles. The van der Waals surface area contributed by atoms with Crippen molar-refractivity contribution in [1.29, 1.82) is 0 Å². The van der Waals surface area contributed by atoms with Crippen LogP contribution in [0.25, 0.3) is 97.0 Å². The van der Waals surface area contributed by atoms with Gasteiger partial charge in [0.1, 0.15) is 0 Å². The minimum absolute atomic E-state index is 0.242. The molecule has 426 valence electrons. The van der Waals surface area contributed by atoms with Crippen LogP contribution in [0.4, 0.5) is 0 Å². The molecule has 0 fully saturated rings. The van der Waals surface area contributed by atoms with E-state index in [1.807, 2.05) is 0 Å². The van der Waals surface area contributed by atoms with Gasteiger partial charge in [-0.1, -0.05) is 304 Å². The van der Waals surface area contributed by atoms with Crippen LogP contribution in [0.3, 0.4) is 0 Å². The molecule has 0 heterocycles. The lowest BCUT2D eigenvalue weighted by molar-refractivity contribution is 0.0972. The van der Waals surface area contributed by atoms with Gasteiger partial charge in [0.25, 0.3) is 0 Å². The van der Waals surface area contributed by atoms with Gasteiger partial charge in [-0.25, -0.2) is 0 Å². The molecule has 0 radical (unpaired) electrons. The summed E-state index contributed by atoms with van der Waals surface area (Å²) in [7, 11) is 0. The second-order valence-electron chi connectivity index (χ2n) is 25.0. The lowest BCUT2D eigenvalue weighted by atomic mass is 9.95. The lowest BCUT2D eigenvalue weighted by Gasteiger charge is -2.08. The number of unbranched alkanes of at least 4 members (excludes halogenated alkanes) is 30. The number of benzene rings is 7. The maximum atomic E-state index is 14.4. The van der Waals surface area contributed by atoms with E-state index in [9.17, 15) is 14.4 Å². The van der Waals surface area contributed by atoms with Crippen molar-refractivity contribution in [2.45, 2.75) is 252 Å². The van der Waals surface area contributed by atoms with Crippen LogP contribution in [0.15, 0.2) is 91.0 Å². The number of fused-ring (bicyclic) bond motifs is 12. The summed E-state index contributed by atoms with van der Waals surface area (Å²) in [5.41, 5.74) is 2.50. The number of Topliss-reactive ketones (excluding diaryl/α,β-unsaturated/α-hetero) is 3. The fourth-order valence-corrected chi connectivity index (χ4v) is 14.8. The van der Waals surface area contributed by atoms with Crippen LogP contribution in [0, 0.1) is 0 Å². The van der Waals surface area contributed by atoms with Crippen LogP contribution in [0.1, 0.15) is 283 Å². The van der Waals surface area contributed by atoms with Crippen molar-refractivity contribution < 1.29 is 14.4 Å². The SMILES string of the molecule is CCCCCCCCCCCCCC(=O)c1ccc2c3c1cccc3c1c2c2c3cccc4c(C(=O)CCCCCCCCCCCCC)ccc(c43)c2c2c3cccc4c(C(=O)CCCCCCCCCCCCC)ccc(c43)c12. The third-order valence-electron chi connectivity index (χ3n) is 19.2. The molecule has 3 heteroatoms. The molecule has 0 saturated heterocycles. The van der Waals surface area contributed by atoms with Crippen molar-refractivity contribution >= 4 is 114 Å². The second kappa shape index (κ2) is 29.0. The van der Waals surface area contributed by atoms with E-state index in [0.29, 0.717) is 19.3 Å². The Balaban J connectivity index is 0.997. The van der Waals surface area contributed by atoms with E-state index in [1.165, 1.54) is 254 Å². The highest BCUT2D eigenvalue weighted by atomic mass is 16.1. The first-order valence-corrected chi connectivity index (χ1v) is 33.5. The van der Waals surface area contributed by atoms with Gasteiger partial charge in [0.05, 0.1) is 0 Å². The van der Waals surface area contributed by atoms with E-state index in [1.54, 1.807) is 0 Å². The molecule has 0 spiro atoms. The first-order valence-electron chi connectivity index (χ1n) is 33.5. The molecule has 10 rings (SSSR count). The minimum atomic E-state index is 0.242. The third kappa shape index (κ3) is 12.8. The second-order valence-corrected chi connectivity index (χ2v) is 25.0. The van der Waals surface area contributed by atoms with Gasteiger partial charge in [-0.15, -0.1) is 0 Å². The van der Waals surface area contributed by atoms with Crippen LogP contribution in [0.2, 0.25) is 0 Å². The summed E-state index contributed by atoms with van der Waals surface area (Å²) in [4.78, 5) is 43.3. The molecule has 0 amide bonds. The molecular weight excluding hydrogens is 985 g/mol. The summed E-state index contributed by atoms with van der Waals surface area (Å²) in [5, 5.41) is 21.1. The fraction of sp³-hybridized carbons (Fsp3) is 0.500. The average molecular weight is 1080 g/mol. The van der Waals surface area contributed by atoms with Crippen molar-refractivity contribution in [3.8, 4) is 0 Å². The van der Waals surface area contributed by atoms with Gasteiger partial charge >= 0.3 is 0 Å². The highest BCUT2D eigenvalue weighted by Crippen LogP contribution is 2.56. The molecule has 0 saturated carbocycles. The molecule has 0 atom stereocenters. The number of carbonyl (C=O) groups is 3. The largest absolute Gasteiger partial charge is 0.294 e. The van der Waals surface area contributed by atoms with Crippen molar-refractivity contribution in [1.82, 2.24) is 0 Å². The monoisotopic (exact) mass is 1080 g/mol. The quantitative estimate of drug-likeness (QED) is 0.0285. The standard InChI is InChI=1S/C78H96O3/c1-4-7-10-13-16-19-22-25-28-31-34-46-67(79)55-49-52-64-70-58(55)40-37-43-61(70)73-76(64)74-62-44-38-41-59-57(69(81)48-36-33-30-27-24-21-18-15-12-9-6-3)51-54-66(71(59)62)78(74)75-63-45-39-42-60-56(50-53-65(72(60)63)77(73)75)68(80)47-35-32-29-26-23-20-17-14-11-8-5-2/h37-45,49-54H,4-36,46-48H2,1-3H3. The maximum Gasteiger partial charge on any atom is 0.163 e. The molecule has 0 unspecified atom stereocenters. The van der Waals surface area contributed by atoms with Gasteiger partial charge in [-0.05, 0) is 116 Å². The van der Waals surface area contributed by atoms with E-state index >= 15 is 0 Å². The average Bonchev–Trinajstić information content (AvgIpc) is 2.07. The highest BCUT2D eigenvalue weighted by molar-refractivity contribution is 6.56. The van der Waals surface area contributed by atoms with E-state index in [2.05, 4.69) is 112 Å². The topological polar surface area (TPSA) is 51.2 Å². The Morgan fingerprint density at radius 3 is 0.617 bits per heavy atom.